The van der Waals surface area contributed by atoms with E-state index in [9.17, 15) is 0 Å². The van der Waals surface area contributed by atoms with Crippen LogP contribution in [0.2, 0.25) is 0 Å². The summed E-state index contributed by atoms with van der Waals surface area (Å²) in [5.41, 5.74) is 1.20. The fraction of sp³-hybridized carbons (Fsp3) is 0.611. The molecule has 1 aliphatic heterocycles. The minimum absolute atomic E-state index is 0.759. The van der Waals surface area contributed by atoms with Crippen LogP contribution in [-0.2, 0) is 6.42 Å². The SMILES string of the molecule is CCCN1CCN(C(=S)NCCc2ccc(OC)c(OC)c2)CC1. The van der Waals surface area contributed by atoms with Gasteiger partial charge in [0.1, 0.15) is 0 Å². The van der Waals surface area contributed by atoms with Gasteiger partial charge in [0.15, 0.2) is 16.6 Å². The summed E-state index contributed by atoms with van der Waals surface area (Å²) in [4.78, 5) is 4.78. The smallest absolute Gasteiger partial charge is 0.169 e. The summed E-state index contributed by atoms with van der Waals surface area (Å²) >= 11 is 5.53. The van der Waals surface area contributed by atoms with Crippen LogP contribution >= 0.6 is 12.2 Å². The standard InChI is InChI=1S/C18H29N3O2S/c1-4-9-20-10-12-21(13-11-20)18(24)19-8-7-15-5-6-16(22-2)17(14-15)23-3/h5-6,14H,4,7-13H2,1-3H3,(H,19,24). The largest absolute Gasteiger partial charge is 0.493 e. The fourth-order valence-corrected chi connectivity index (χ4v) is 3.24. The van der Waals surface area contributed by atoms with Crippen molar-refractivity contribution in [3.63, 3.8) is 0 Å². The Kier molecular flexibility index (Phi) is 7.59. The molecule has 0 radical (unpaired) electrons. The highest BCUT2D eigenvalue weighted by Crippen LogP contribution is 2.27. The summed E-state index contributed by atoms with van der Waals surface area (Å²) < 4.78 is 10.6. The highest BCUT2D eigenvalue weighted by atomic mass is 32.1. The molecule has 1 heterocycles. The average molecular weight is 352 g/mol. The van der Waals surface area contributed by atoms with Gasteiger partial charge in [0.25, 0.3) is 0 Å². The molecule has 0 saturated carbocycles. The number of ether oxygens (including phenoxy) is 2. The third kappa shape index (κ3) is 5.24. The van der Waals surface area contributed by atoms with Gasteiger partial charge in [-0.15, -0.1) is 0 Å². The second-order valence-corrected chi connectivity index (χ2v) is 6.39. The molecule has 0 bridgehead atoms. The van der Waals surface area contributed by atoms with E-state index in [-0.39, 0.29) is 0 Å². The Morgan fingerprint density at radius 3 is 2.46 bits per heavy atom. The van der Waals surface area contributed by atoms with Crippen molar-refractivity contribution >= 4 is 17.3 Å². The van der Waals surface area contributed by atoms with Crippen LogP contribution in [-0.4, -0.2) is 68.4 Å². The van der Waals surface area contributed by atoms with Gasteiger partial charge in [0.05, 0.1) is 14.2 Å². The van der Waals surface area contributed by atoms with Gasteiger partial charge in [-0.1, -0.05) is 13.0 Å². The first-order valence-electron chi connectivity index (χ1n) is 8.64. The lowest BCUT2D eigenvalue weighted by Crippen LogP contribution is -2.51. The van der Waals surface area contributed by atoms with Gasteiger partial charge in [-0.05, 0) is 49.3 Å². The molecule has 134 valence electrons. The maximum absolute atomic E-state index is 5.53. The van der Waals surface area contributed by atoms with Crippen molar-refractivity contribution in [1.29, 1.82) is 0 Å². The van der Waals surface area contributed by atoms with Gasteiger partial charge in [-0.3, -0.25) is 4.90 Å². The van der Waals surface area contributed by atoms with Crippen molar-refractivity contribution in [3.8, 4) is 11.5 Å². The molecule has 2 rings (SSSR count). The molecule has 1 aromatic carbocycles. The molecular weight excluding hydrogens is 322 g/mol. The van der Waals surface area contributed by atoms with Crippen molar-refractivity contribution in [2.45, 2.75) is 19.8 Å². The lowest BCUT2D eigenvalue weighted by atomic mass is 10.1. The zero-order valence-electron chi connectivity index (χ0n) is 15.0. The van der Waals surface area contributed by atoms with Crippen LogP contribution in [0.3, 0.4) is 0 Å². The summed E-state index contributed by atoms with van der Waals surface area (Å²) in [7, 11) is 3.31. The Bertz CT molecular complexity index is 531. The number of methoxy groups -OCH3 is 2. The number of hydrogen-bond donors (Lipinski definition) is 1. The molecule has 0 aliphatic carbocycles. The van der Waals surface area contributed by atoms with E-state index in [1.54, 1.807) is 14.2 Å². The number of piperazine rings is 1. The van der Waals surface area contributed by atoms with Crippen LogP contribution < -0.4 is 14.8 Å². The molecule has 6 heteroatoms. The summed E-state index contributed by atoms with van der Waals surface area (Å²) in [5, 5.41) is 4.25. The quantitative estimate of drug-likeness (QED) is 0.759. The number of nitrogens with zero attached hydrogens (tertiary/aromatic N) is 2. The summed E-state index contributed by atoms with van der Waals surface area (Å²) in [5.74, 6) is 1.53. The molecule has 5 nitrogen and oxygen atoms in total. The summed E-state index contributed by atoms with van der Waals surface area (Å²) in [6, 6.07) is 6.03. The number of hydrogen-bond acceptors (Lipinski definition) is 4. The molecule has 1 aliphatic rings. The van der Waals surface area contributed by atoms with Gasteiger partial charge >= 0.3 is 0 Å². The Labute approximate surface area is 150 Å². The number of rotatable bonds is 7. The molecule has 1 N–H and O–H groups in total. The minimum atomic E-state index is 0.759. The molecule has 0 unspecified atom stereocenters. The number of benzene rings is 1. The monoisotopic (exact) mass is 351 g/mol. The van der Waals surface area contributed by atoms with Crippen LogP contribution in [0.1, 0.15) is 18.9 Å². The maximum atomic E-state index is 5.53. The van der Waals surface area contributed by atoms with E-state index >= 15 is 0 Å². The summed E-state index contributed by atoms with van der Waals surface area (Å²) in [6.45, 7) is 8.48. The van der Waals surface area contributed by atoms with Crippen LogP contribution in [0.15, 0.2) is 18.2 Å². The van der Waals surface area contributed by atoms with Crippen LogP contribution in [0.5, 0.6) is 11.5 Å². The van der Waals surface area contributed by atoms with Crippen molar-refractivity contribution in [1.82, 2.24) is 15.1 Å². The van der Waals surface area contributed by atoms with Crippen LogP contribution in [0, 0.1) is 0 Å². The average Bonchev–Trinajstić information content (AvgIpc) is 2.62. The van der Waals surface area contributed by atoms with Gasteiger partial charge < -0.3 is 19.7 Å². The van der Waals surface area contributed by atoms with E-state index in [1.165, 1.54) is 18.5 Å². The highest BCUT2D eigenvalue weighted by Gasteiger charge is 2.17. The van der Waals surface area contributed by atoms with Crippen LogP contribution in [0.4, 0.5) is 0 Å². The zero-order valence-corrected chi connectivity index (χ0v) is 15.8. The van der Waals surface area contributed by atoms with E-state index < -0.39 is 0 Å². The molecule has 0 atom stereocenters. The minimum Gasteiger partial charge on any atom is -0.493 e. The molecule has 0 aromatic heterocycles. The van der Waals surface area contributed by atoms with Crippen LogP contribution in [0.25, 0.3) is 0 Å². The number of nitrogens with one attached hydrogen (secondary N) is 1. The number of thiocarbonyl (C=S) groups is 1. The van der Waals surface area contributed by atoms with Crippen molar-refractivity contribution in [2.24, 2.45) is 0 Å². The second kappa shape index (κ2) is 9.69. The molecule has 24 heavy (non-hydrogen) atoms. The first-order chi connectivity index (χ1) is 11.7. The zero-order chi connectivity index (χ0) is 17.4. The molecule has 1 fully saturated rings. The Hall–Kier alpha value is -1.53. The van der Waals surface area contributed by atoms with Crippen molar-refractivity contribution in [3.05, 3.63) is 23.8 Å². The highest BCUT2D eigenvalue weighted by molar-refractivity contribution is 7.80. The lowest BCUT2D eigenvalue weighted by Gasteiger charge is -2.36. The topological polar surface area (TPSA) is 37.0 Å². The van der Waals surface area contributed by atoms with Crippen molar-refractivity contribution in [2.75, 3.05) is 53.5 Å². The fourth-order valence-electron chi connectivity index (χ4n) is 2.95. The normalized spacial score (nSPS) is 15.2. The lowest BCUT2D eigenvalue weighted by molar-refractivity contribution is 0.181. The Morgan fingerprint density at radius 2 is 1.83 bits per heavy atom. The predicted molar refractivity (Wildman–Crippen MR) is 102 cm³/mol. The van der Waals surface area contributed by atoms with Crippen molar-refractivity contribution < 1.29 is 9.47 Å². The van der Waals surface area contributed by atoms with Gasteiger partial charge in [0, 0.05) is 32.7 Å². The molecule has 1 aromatic rings. The first-order valence-corrected chi connectivity index (χ1v) is 9.04. The Morgan fingerprint density at radius 1 is 1.12 bits per heavy atom. The van der Waals surface area contributed by atoms with Gasteiger partial charge in [0.2, 0.25) is 0 Å². The third-order valence-electron chi connectivity index (χ3n) is 4.34. The van der Waals surface area contributed by atoms with E-state index in [2.05, 4.69) is 28.1 Å². The molecule has 0 spiro atoms. The molecule has 0 amide bonds. The summed E-state index contributed by atoms with van der Waals surface area (Å²) in [6.07, 6.45) is 2.12. The van der Waals surface area contributed by atoms with Gasteiger partial charge in [-0.2, -0.15) is 0 Å². The molecular formula is C18H29N3O2S. The first kappa shape index (κ1) is 18.8. The maximum Gasteiger partial charge on any atom is 0.169 e. The third-order valence-corrected chi connectivity index (χ3v) is 4.74. The second-order valence-electron chi connectivity index (χ2n) is 6.00. The van der Waals surface area contributed by atoms with E-state index in [0.29, 0.717) is 0 Å². The Balaban J connectivity index is 1.75. The predicted octanol–water partition coefficient (Wildman–Crippen LogP) is 2.15. The van der Waals surface area contributed by atoms with E-state index in [1.807, 2.05) is 12.1 Å². The van der Waals surface area contributed by atoms with E-state index in [0.717, 1.165) is 55.8 Å². The van der Waals surface area contributed by atoms with E-state index in [4.69, 9.17) is 21.7 Å². The molecule has 1 saturated heterocycles. The van der Waals surface area contributed by atoms with Gasteiger partial charge in [-0.25, -0.2) is 0 Å².